The van der Waals surface area contributed by atoms with E-state index in [-0.39, 0.29) is 11.9 Å². The van der Waals surface area contributed by atoms with Gasteiger partial charge in [-0.3, -0.25) is 4.79 Å². The average Bonchev–Trinajstić information content (AvgIpc) is 3.07. The van der Waals surface area contributed by atoms with Crippen LogP contribution in [0.3, 0.4) is 0 Å². The molecule has 3 amide bonds. The van der Waals surface area contributed by atoms with Crippen LogP contribution in [0.1, 0.15) is 17.7 Å². The van der Waals surface area contributed by atoms with Gasteiger partial charge in [0.25, 0.3) is 0 Å². The molecule has 2 aromatic rings. The van der Waals surface area contributed by atoms with E-state index in [0.717, 1.165) is 6.42 Å². The predicted octanol–water partition coefficient (Wildman–Crippen LogP) is 3.66. The van der Waals surface area contributed by atoms with Gasteiger partial charge in [-0.15, -0.1) is 11.3 Å². The molecule has 0 aliphatic carbocycles. The molecule has 0 spiro atoms. The fourth-order valence-corrected chi connectivity index (χ4v) is 2.86. The van der Waals surface area contributed by atoms with E-state index in [4.69, 9.17) is 11.6 Å². The molecule has 0 saturated carbocycles. The number of halogens is 1. The van der Waals surface area contributed by atoms with Crippen LogP contribution in [0.25, 0.3) is 0 Å². The Morgan fingerprint density at radius 1 is 1.04 bits per heavy atom. The molecule has 1 heterocycles. The third-order valence-electron chi connectivity index (χ3n) is 3.23. The first-order valence-electron chi connectivity index (χ1n) is 7.73. The molecule has 0 aliphatic rings. The Bertz CT molecular complexity index is 644. The topological polar surface area (TPSA) is 70.2 Å². The normalized spacial score (nSPS) is 10.2. The molecule has 0 aliphatic heterocycles. The molecule has 128 valence electrons. The van der Waals surface area contributed by atoms with Crippen molar-refractivity contribution in [1.29, 1.82) is 0 Å². The zero-order chi connectivity index (χ0) is 17.2. The smallest absolute Gasteiger partial charge is 0.314 e. The van der Waals surface area contributed by atoms with E-state index in [1.54, 1.807) is 35.6 Å². The predicted molar refractivity (Wildman–Crippen MR) is 98.7 cm³/mol. The Labute approximate surface area is 150 Å². The van der Waals surface area contributed by atoms with Crippen LogP contribution in [0.15, 0.2) is 41.8 Å². The average molecular weight is 366 g/mol. The van der Waals surface area contributed by atoms with Crippen molar-refractivity contribution >= 4 is 40.6 Å². The van der Waals surface area contributed by atoms with E-state index >= 15 is 0 Å². The van der Waals surface area contributed by atoms with Crippen molar-refractivity contribution in [2.45, 2.75) is 19.3 Å². The first kappa shape index (κ1) is 18.3. The first-order valence-corrected chi connectivity index (χ1v) is 8.99. The molecular weight excluding hydrogens is 346 g/mol. The second kappa shape index (κ2) is 9.95. The van der Waals surface area contributed by atoms with Gasteiger partial charge in [-0.2, -0.15) is 0 Å². The maximum atomic E-state index is 11.8. The summed E-state index contributed by atoms with van der Waals surface area (Å²) in [5.41, 5.74) is 0.712. The van der Waals surface area contributed by atoms with E-state index in [9.17, 15) is 9.59 Å². The molecule has 5 nitrogen and oxygen atoms in total. The Balaban J connectivity index is 1.52. The quantitative estimate of drug-likeness (QED) is 0.625. The number of hydrogen-bond acceptors (Lipinski definition) is 3. The van der Waals surface area contributed by atoms with E-state index in [0.29, 0.717) is 36.6 Å². The summed E-state index contributed by atoms with van der Waals surface area (Å²) >= 11 is 7.46. The van der Waals surface area contributed by atoms with Gasteiger partial charge < -0.3 is 16.0 Å². The second-order valence-corrected chi connectivity index (χ2v) is 6.64. The summed E-state index contributed by atoms with van der Waals surface area (Å²) in [5, 5.41) is 11.0. The van der Waals surface area contributed by atoms with Crippen LogP contribution in [-0.2, 0) is 11.2 Å². The minimum atomic E-state index is -0.204. The van der Waals surface area contributed by atoms with Crippen molar-refractivity contribution in [3.05, 3.63) is 51.7 Å². The van der Waals surface area contributed by atoms with Crippen molar-refractivity contribution in [1.82, 2.24) is 10.6 Å². The number of thiophene rings is 1. The lowest BCUT2D eigenvalue weighted by atomic mass is 10.2. The minimum Gasteiger partial charge on any atom is -0.338 e. The van der Waals surface area contributed by atoms with Crippen molar-refractivity contribution in [3.63, 3.8) is 0 Å². The van der Waals surface area contributed by atoms with E-state index in [1.807, 2.05) is 17.5 Å². The Kier molecular flexibility index (Phi) is 7.58. The summed E-state index contributed by atoms with van der Waals surface area (Å²) in [6.07, 6.45) is 1.75. The Morgan fingerprint density at radius 2 is 1.79 bits per heavy atom. The van der Waals surface area contributed by atoms with Gasteiger partial charge in [-0.05, 0) is 48.6 Å². The summed E-state index contributed by atoms with van der Waals surface area (Å²) in [4.78, 5) is 24.6. The zero-order valence-electron chi connectivity index (χ0n) is 13.2. The molecule has 0 radical (unpaired) electrons. The van der Waals surface area contributed by atoms with Crippen molar-refractivity contribution in [3.8, 4) is 0 Å². The third kappa shape index (κ3) is 7.02. The molecule has 0 unspecified atom stereocenters. The van der Waals surface area contributed by atoms with Crippen molar-refractivity contribution < 1.29 is 9.59 Å². The molecule has 0 fully saturated rings. The van der Waals surface area contributed by atoms with Crippen LogP contribution < -0.4 is 16.0 Å². The van der Waals surface area contributed by atoms with Gasteiger partial charge in [0.05, 0.1) is 0 Å². The molecule has 2 rings (SSSR count). The molecular formula is C17H20ClN3O2S. The number of nitrogens with one attached hydrogen (secondary N) is 3. The Hall–Kier alpha value is -2.05. The molecule has 0 bridgehead atoms. The molecule has 3 N–H and O–H groups in total. The lowest BCUT2D eigenvalue weighted by Gasteiger charge is -2.08. The number of rotatable bonds is 8. The van der Waals surface area contributed by atoms with E-state index in [2.05, 4.69) is 16.0 Å². The van der Waals surface area contributed by atoms with Crippen LogP contribution in [0, 0.1) is 0 Å². The standard InChI is InChI=1S/C17H20ClN3O2S/c18-13-5-7-14(8-6-13)21-16(22)4-1-10-19-17(23)20-11-9-15-3-2-12-24-15/h2-3,5-8,12H,1,4,9-11H2,(H,21,22)(H2,19,20,23). The number of urea groups is 1. The van der Waals surface area contributed by atoms with Gasteiger partial charge in [-0.1, -0.05) is 17.7 Å². The highest BCUT2D eigenvalue weighted by Crippen LogP contribution is 2.13. The number of amides is 3. The van der Waals surface area contributed by atoms with Crippen molar-refractivity contribution in [2.75, 3.05) is 18.4 Å². The SMILES string of the molecule is O=C(CCCNC(=O)NCCc1cccs1)Nc1ccc(Cl)cc1. The summed E-state index contributed by atoms with van der Waals surface area (Å²) in [7, 11) is 0. The minimum absolute atomic E-state index is 0.0859. The molecule has 1 aromatic carbocycles. The summed E-state index contributed by atoms with van der Waals surface area (Å²) < 4.78 is 0. The zero-order valence-corrected chi connectivity index (χ0v) is 14.8. The highest BCUT2D eigenvalue weighted by Gasteiger charge is 2.04. The maximum absolute atomic E-state index is 11.8. The number of anilines is 1. The maximum Gasteiger partial charge on any atom is 0.314 e. The molecule has 0 atom stereocenters. The van der Waals surface area contributed by atoms with Crippen LogP contribution in [-0.4, -0.2) is 25.0 Å². The Morgan fingerprint density at radius 3 is 2.50 bits per heavy atom. The molecule has 0 saturated heterocycles. The van der Waals surface area contributed by atoms with Crippen LogP contribution >= 0.6 is 22.9 Å². The highest BCUT2D eigenvalue weighted by atomic mass is 35.5. The number of benzene rings is 1. The largest absolute Gasteiger partial charge is 0.338 e. The van der Waals surface area contributed by atoms with Gasteiger partial charge in [0.2, 0.25) is 5.91 Å². The van der Waals surface area contributed by atoms with Gasteiger partial charge in [0.1, 0.15) is 0 Å². The molecule has 7 heteroatoms. The monoisotopic (exact) mass is 365 g/mol. The van der Waals surface area contributed by atoms with Gasteiger partial charge in [0.15, 0.2) is 0 Å². The number of carbonyl (C=O) groups excluding carboxylic acids is 2. The van der Waals surface area contributed by atoms with Crippen molar-refractivity contribution in [2.24, 2.45) is 0 Å². The second-order valence-electron chi connectivity index (χ2n) is 5.17. The third-order valence-corrected chi connectivity index (χ3v) is 4.42. The van der Waals surface area contributed by atoms with Gasteiger partial charge in [-0.25, -0.2) is 4.79 Å². The van der Waals surface area contributed by atoms with Crippen LogP contribution in [0.2, 0.25) is 5.02 Å². The summed E-state index contributed by atoms with van der Waals surface area (Å²) in [6.45, 7) is 1.06. The first-order chi connectivity index (χ1) is 11.6. The fraction of sp³-hybridized carbons (Fsp3) is 0.294. The van der Waals surface area contributed by atoms with Gasteiger partial charge >= 0.3 is 6.03 Å². The number of hydrogen-bond donors (Lipinski definition) is 3. The van der Waals surface area contributed by atoms with Crippen LogP contribution in [0.4, 0.5) is 10.5 Å². The lowest BCUT2D eigenvalue weighted by molar-refractivity contribution is -0.116. The van der Waals surface area contributed by atoms with Gasteiger partial charge in [0, 0.05) is 35.1 Å². The lowest BCUT2D eigenvalue weighted by Crippen LogP contribution is -2.37. The highest BCUT2D eigenvalue weighted by molar-refractivity contribution is 7.09. The summed E-state index contributed by atoms with van der Waals surface area (Å²) in [5.74, 6) is -0.0859. The van der Waals surface area contributed by atoms with E-state index < -0.39 is 0 Å². The van der Waals surface area contributed by atoms with E-state index in [1.165, 1.54) is 4.88 Å². The van der Waals surface area contributed by atoms with Crippen LogP contribution in [0.5, 0.6) is 0 Å². The fourth-order valence-electron chi connectivity index (χ4n) is 2.02. The molecule has 24 heavy (non-hydrogen) atoms. The molecule has 1 aromatic heterocycles. The number of carbonyl (C=O) groups is 2. The summed E-state index contributed by atoms with van der Waals surface area (Å²) in [6, 6.07) is 10.8.